The Hall–Kier alpha value is -2.19. The lowest BCUT2D eigenvalue weighted by Crippen LogP contribution is -2.40. The molecule has 8 heteroatoms. The predicted molar refractivity (Wildman–Crippen MR) is 91.8 cm³/mol. The molecular formula is C16H20N4O3S. The molecule has 0 aliphatic carbocycles. The van der Waals surface area contributed by atoms with E-state index in [1.165, 1.54) is 10.6 Å². The smallest absolute Gasteiger partial charge is 0.227 e. The average Bonchev–Trinajstić information content (AvgIpc) is 3.09. The fraction of sp³-hybridized carbons (Fsp3) is 0.375. The number of benzene rings is 1. The van der Waals surface area contributed by atoms with Crippen LogP contribution in [0.25, 0.3) is 11.4 Å². The van der Waals surface area contributed by atoms with E-state index in [1.54, 1.807) is 12.4 Å². The maximum absolute atomic E-state index is 12.3. The molecule has 0 unspecified atom stereocenters. The molecule has 1 aromatic carbocycles. The number of hydrogen-bond donors (Lipinski definition) is 2. The van der Waals surface area contributed by atoms with Gasteiger partial charge in [-0.3, -0.25) is 4.79 Å². The molecule has 7 nitrogen and oxygen atoms in total. The summed E-state index contributed by atoms with van der Waals surface area (Å²) in [6.07, 6.45) is 5.74. The van der Waals surface area contributed by atoms with Crippen LogP contribution in [-0.2, 0) is 14.8 Å². The number of nitrogens with zero attached hydrogens (tertiary/aromatic N) is 2. The summed E-state index contributed by atoms with van der Waals surface area (Å²) >= 11 is 0. The number of aromatic amines is 1. The van der Waals surface area contributed by atoms with Gasteiger partial charge in [0.15, 0.2) is 0 Å². The molecule has 0 bridgehead atoms. The van der Waals surface area contributed by atoms with E-state index in [2.05, 4.69) is 15.3 Å². The summed E-state index contributed by atoms with van der Waals surface area (Å²) in [6.45, 7) is 0.794. The zero-order valence-electron chi connectivity index (χ0n) is 13.4. The maximum Gasteiger partial charge on any atom is 0.227 e. The molecule has 1 amide bonds. The third-order valence-electron chi connectivity index (χ3n) is 4.22. The summed E-state index contributed by atoms with van der Waals surface area (Å²) < 4.78 is 24.4. The Bertz CT molecular complexity index is 792. The van der Waals surface area contributed by atoms with Crippen molar-refractivity contribution in [2.45, 2.75) is 12.8 Å². The van der Waals surface area contributed by atoms with E-state index in [0.717, 1.165) is 17.1 Å². The first-order chi connectivity index (χ1) is 11.4. The number of aromatic nitrogens is 2. The van der Waals surface area contributed by atoms with Crippen molar-refractivity contribution in [3.63, 3.8) is 0 Å². The van der Waals surface area contributed by atoms with Gasteiger partial charge in [0.1, 0.15) is 5.82 Å². The standard InChI is InChI=1S/C16H20N4O3S/c1-24(22,23)20-10-6-13(7-11-20)16(21)19-14-4-2-12(3-5-14)15-17-8-9-18-15/h2-5,8-9,13H,6-7,10-11H2,1H3,(H,17,18)(H,19,21). The first-order valence-electron chi connectivity index (χ1n) is 7.79. The van der Waals surface area contributed by atoms with Gasteiger partial charge < -0.3 is 10.3 Å². The van der Waals surface area contributed by atoms with Gasteiger partial charge in [-0.05, 0) is 37.1 Å². The van der Waals surface area contributed by atoms with Crippen LogP contribution in [0.1, 0.15) is 12.8 Å². The van der Waals surface area contributed by atoms with Gasteiger partial charge in [0, 0.05) is 42.7 Å². The number of carbonyl (C=O) groups is 1. The lowest BCUT2D eigenvalue weighted by molar-refractivity contribution is -0.120. The Kier molecular flexibility index (Phi) is 4.68. The normalized spacial score (nSPS) is 16.9. The molecule has 0 saturated carbocycles. The summed E-state index contributed by atoms with van der Waals surface area (Å²) in [5, 5.41) is 2.90. The summed E-state index contributed by atoms with van der Waals surface area (Å²) in [5.41, 5.74) is 1.67. The van der Waals surface area contributed by atoms with Crippen molar-refractivity contribution in [3.8, 4) is 11.4 Å². The number of H-pyrrole nitrogens is 1. The van der Waals surface area contributed by atoms with E-state index in [0.29, 0.717) is 25.9 Å². The van der Waals surface area contributed by atoms with Crippen LogP contribution >= 0.6 is 0 Å². The third-order valence-corrected chi connectivity index (χ3v) is 5.52. The Morgan fingerprint density at radius 3 is 2.46 bits per heavy atom. The summed E-state index contributed by atoms with van der Waals surface area (Å²) in [5.74, 6) is 0.558. The van der Waals surface area contributed by atoms with Gasteiger partial charge in [-0.2, -0.15) is 0 Å². The summed E-state index contributed by atoms with van der Waals surface area (Å²) in [7, 11) is -3.17. The predicted octanol–water partition coefficient (Wildman–Crippen LogP) is 1.69. The fourth-order valence-corrected chi connectivity index (χ4v) is 3.70. The molecule has 0 atom stereocenters. The van der Waals surface area contributed by atoms with Crippen LogP contribution in [0.2, 0.25) is 0 Å². The van der Waals surface area contributed by atoms with Gasteiger partial charge >= 0.3 is 0 Å². The number of rotatable bonds is 4. The number of sulfonamides is 1. The molecule has 2 aromatic rings. The first-order valence-corrected chi connectivity index (χ1v) is 9.64. The average molecular weight is 348 g/mol. The van der Waals surface area contributed by atoms with Crippen molar-refractivity contribution in [1.82, 2.24) is 14.3 Å². The zero-order valence-corrected chi connectivity index (χ0v) is 14.2. The first kappa shape index (κ1) is 16.7. The van der Waals surface area contributed by atoms with Gasteiger partial charge in [0.2, 0.25) is 15.9 Å². The number of hydrogen-bond acceptors (Lipinski definition) is 4. The number of piperidine rings is 1. The van der Waals surface area contributed by atoms with E-state index in [9.17, 15) is 13.2 Å². The molecule has 0 spiro atoms. The van der Waals surface area contributed by atoms with E-state index >= 15 is 0 Å². The van der Waals surface area contributed by atoms with Crippen LogP contribution in [0.5, 0.6) is 0 Å². The highest BCUT2D eigenvalue weighted by molar-refractivity contribution is 7.88. The minimum absolute atomic E-state index is 0.0612. The second-order valence-electron chi connectivity index (χ2n) is 5.94. The van der Waals surface area contributed by atoms with E-state index in [4.69, 9.17) is 0 Å². The molecule has 3 rings (SSSR count). The maximum atomic E-state index is 12.3. The van der Waals surface area contributed by atoms with Gasteiger partial charge in [-0.25, -0.2) is 17.7 Å². The van der Waals surface area contributed by atoms with Crippen LogP contribution in [0.3, 0.4) is 0 Å². The van der Waals surface area contributed by atoms with Crippen LogP contribution in [0.15, 0.2) is 36.7 Å². The fourth-order valence-electron chi connectivity index (χ4n) is 2.83. The van der Waals surface area contributed by atoms with Crippen molar-refractivity contribution in [1.29, 1.82) is 0 Å². The SMILES string of the molecule is CS(=O)(=O)N1CCC(C(=O)Nc2ccc(-c3ncc[nH]3)cc2)CC1. The molecule has 24 heavy (non-hydrogen) atoms. The summed E-state index contributed by atoms with van der Waals surface area (Å²) in [6, 6.07) is 7.45. The molecule has 1 fully saturated rings. The minimum Gasteiger partial charge on any atom is -0.345 e. The molecule has 0 radical (unpaired) electrons. The monoisotopic (exact) mass is 348 g/mol. The molecule has 2 heterocycles. The van der Waals surface area contributed by atoms with E-state index in [-0.39, 0.29) is 11.8 Å². The highest BCUT2D eigenvalue weighted by atomic mass is 32.2. The number of amides is 1. The highest BCUT2D eigenvalue weighted by Gasteiger charge is 2.28. The topological polar surface area (TPSA) is 95.2 Å². The lowest BCUT2D eigenvalue weighted by Gasteiger charge is -2.29. The zero-order chi connectivity index (χ0) is 17.2. The Morgan fingerprint density at radius 2 is 1.92 bits per heavy atom. The van der Waals surface area contributed by atoms with Crippen molar-refractivity contribution >= 4 is 21.6 Å². The molecular weight excluding hydrogens is 328 g/mol. The lowest BCUT2D eigenvalue weighted by atomic mass is 9.97. The second kappa shape index (κ2) is 6.74. The molecule has 1 saturated heterocycles. The van der Waals surface area contributed by atoms with E-state index < -0.39 is 10.0 Å². The molecule has 128 valence electrons. The van der Waals surface area contributed by atoms with Crippen LogP contribution in [0, 0.1) is 5.92 Å². The number of imidazole rings is 1. The molecule has 2 N–H and O–H groups in total. The molecule has 1 aliphatic rings. The van der Waals surface area contributed by atoms with Crippen molar-refractivity contribution in [2.75, 3.05) is 24.7 Å². The second-order valence-corrected chi connectivity index (χ2v) is 7.92. The van der Waals surface area contributed by atoms with Gasteiger partial charge in [0.25, 0.3) is 0 Å². The number of carbonyl (C=O) groups excluding carboxylic acids is 1. The third kappa shape index (κ3) is 3.82. The Morgan fingerprint density at radius 1 is 1.25 bits per heavy atom. The van der Waals surface area contributed by atoms with Crippen molar-refractivity contribution < 1.29 is 13.2 Å². The number of anilines is 1. The minimum atomic E-state index is -3.17. The van der Waals surface area contributed by atoms with Gasteiger partial charge in [-0.1, -0.05) is 0 Å². The van der Waals surface area contributed by atoms with E-state index in [1.807, 2.05) is 24.3 Å². The highest BCUT2D eigenvalue weighted by Crippen LogP contribution is 2.22. The largest absolute Gasteiger partial charge is 0.345 e. The molecule has 1 aromatic heterocycles. The van der Waals surface area contributed by atoms with Crippen LogP contribution < -0.4 is 5.32 Å². The number of nitrogens with one attached hydrogen (secondary N) is 2. The molecule has 1 aliphatic heterocycles. The Labute approximate surface area is 141 Å². The van der Waals surface area contributed by atoms with Gasteiger partial charge in [-0.15, -0.1) is 0 Å². The quantitative estimate of drug-likeness (QED) is 0.879. The van der Waals surface area contributed by atoms with Crippen LogP contribution in [-0.4, -0.2) is 47.9 Å². The Balaban J connectivity index is 1.58. The van der Waals surface area contributed by atoms with Crippen LogP contribution in [0.4, 0.5) is 5.69 Å². The van der Waals surface area contributed by atoms with Crippen molar-refractivity contribution in [2.24, 2.45) is 5.92 Å². The van der Waals surface area contributed by atoms with Gasteiger partial charge in [0.05, 0.1) is 6.26 Å². The summed E-state index contributed by atoms with van der Waals surface area (Å²) in [4.78, 5) is 19.6. The van der Waals surface area contributed by atoms with Crippen molar-refractivity contribution in [3.05, 3.63) is 36.7 Å².